The Labute approximate surface area is 78.7 Å². The van der Waals surface area contributed by atoms with E-state index in [0.717, 1.165) is 19.4 Å². The van der Waals surface area contributed by atoms with Crippen LogP contribution in [-0.4, -0.2) is 34.1 Å². The number of fused-ring (bicyclic) bond motifs is 1. The average molecular weight is 183 g/mol. The van der Waals surface area contributed by atoms with Gasteiger partial charge in [-0.1, -0.05) is 6.92 Å². The lowest BCUT2D eigenvalue weighted by atomic mass is 9.63. The molecule has 3 aliphatic rings. The number of rotatable bonds is 2. The van der Waals surface area contributed by atoms with Crippen LogP contribution >= 0.6 is 0 Å². The van der Waals surface area contributed by atoms with E-state index in [4.69, 9.17) is 0 Å². The summed E-state index contributed by atoms with van der Waals surface area (Å²) in [7, 11) is 0. The monoisotopic (exact) mass is 183 g/mol. The Kier molecular flexibility index (Phi) is 1.57. The van der Waals surface area contributed by atoms with Crippen molar-refractivity contribution in [1.82, 2.24) is 4.90 Å². The summed E-state index contributed by atoms with van der Waals surface area (Å²) in [5.41, 5.74) is -0.231. The van der Waals surface area contributed by atoms with Gasteiger partial charge in [0, 0.05) is 12.6 Å². The van der Waals surface area contributed by atoms with Crippen LogP contribution in [0, 0.1) is 5.41 Å². The number of hydrogen-bond donors (Lipinski definition) is 1. The first-order valence-corrected chi connectivity index (χ1v) is 4.90. The molecule has 1 N–H and O–H groups in total. The molecule has 3 fully saturated rings. The van der Waals surface area contributed by atoms with E-state index in [0.29, 0.717) is 6.04 Å². The minimum atomic E-state index is -0.629. The highest BCUT2D eigenvalue weighted by atomic mass is 16.4. The molecule has 2 bridgehead atoms. The molecule has 2 aliphatic heterocycles. The molecule has 74 valence electrons. The molecule has 0 amide bonds. The van der Waals surface area contributed by atoms with Gasteiger partial charge in [-0.3, -0.25) is 9.69 Å². The van der Waals surface area contributed by atoms with Gasteiger partial charge in [0.2, 0.25) is 0 Å². The molecule has 13 heavy (non-hydrogen) atoms. The van der Waals surface area contributed by atoms with Crippen molar-refractivity contribution < 1.29 is 9.90 Å². The number of nitrogens with zero attached hydrogens (tertiary/aromatic N) is 1. The lowest BCUT2D eigenvalue weighted by Gasteiger charge is -2.44. The molecule has 3 rings (SSSR count). The highest BCUT2D eigenvalue weighted by Crippen LogP contribution is 2.59. The minimum absolute atomic E-state index is 0.280. The van der Waals surface area contributed by atoms with Crippen LogP contribution in [0.25, 0.3) is 0 Å². The lowest BCUT2D eigenvalue weighted by Crippen LogP contribution is -2.56. The Morgan fingerprint density at radius 2 is 2.00 bits per heavy atom. The van der Waals surface area contributed by atoms with Crippen LogP contribution in [0.5, 0.6) is 0 Å². The predicted octanol–water partition coefficient (Wildman–Crippen LogP) is 1.33. The summed E-state index contributed by atoms with van der Waals surface area (Å²) in [5, 5.41) is 9.20. The van der Waals surface area contributed by atoms with E-state index in [9.17, 15) is 9.90 Å². The standard InChI is InChI=1S/C10H17NO2/c1-7(2)11-6-9(3)4-10(11,5-9)8(12)13/h7H,4-6H2,1-3H3,(H,12,13). The maximum Gasteiger partial charge on any atom is 0.324 e. The minimum Gasteiger partial charge on any atom is -0.480 e. The molecule has 0 atom stereocenters. The summed E-state index contributed by atoms with van der Waals surface area (Å²) in [6, 6.07) is 0.348. The first-order valence-electron chi connectivity index (χ1n) is 4.90. The average Bonchev–Trinajstić information content (AvgIpc) is 2.36. The first kappa shape index (κ1) is 9.00. The van der Waals surface area contributed by atoms with Gasteiger partial charge in [0.05, 0.1) is 0 Å². The highest BCUT2D eigenvalue weighted by molar-refractivity contribution is 5.81. The van der Waals surface area contributed by atoms with Gasteiger partial charge in [-0.2, -0.15) is 0 Å². The molecule has 2 saturated heterocycles. The third kappa shape index (κ3) is 0.966. The maximum absolute atomic E-state index is 11.2. The van der Waals surface area contributed by atoms with Gasteiger partial charge < -0.3 is 5.11 Å². The van der Waals surface area contributed by atoms with E-state index >= 15 is 0 Å². The van der Waals surface area contributed by atoms with Crippen molar-refractivity contribution in [2.45, 2.75) is 45.2 Å². The molecule has 0 spiro atoms. The summed E-state index contributed by atoms with van der Waals surface area (Å²) in [6.45, 7) is 7.30. The number of hydrogen-bond acceptors (Lipinski definition) is 2. The molecule has 1 aliphatic carbocycles. The second-order valence-electron chi connectivity index (χ2n) is 5.22. The third-order valence-electron chi connectivity index (χ3n) is 3.56. The summed E-state index contributed by atoms with van der Waals surface area (Å²) in [6.07, 6.45) is 1.68. The zero-order chi connectivity index (χ0) is 9.85. The van der Waals surface area contributed by atoms with E-state index in [1.807, 2.05) is 0 Å². The zero-order valence-electron chi connectivity index (χ0n) is 8.50. The third-order valence-corrected chi connectivity index (χ3v) is 3.56. The molecular formula is C10H17NO2. The summed E-state index contributed by atoms with van der Waals surface area (Å²) in [4.78, 5) is 13.3. The van der Waals surface area contributed by atoms with Crippen LogP contribution in [0.3, 0.4) is 0 Å². The van der Waals surface area contributed by atoms with Gasteiger partial charge in [0.1, 0.15) is 5.54 Å². The molecule has 2 heterocycles. The van der Waals surface area contributed by atoms with Crippen molar-refractivity contribution in [3.8, 4) is 0 Å². The fourth-order valence-corrected chi connectivity index (χ4v) is 3.19. The summed E-state index contributed by atoms with van der Waals surface area (Å²) in [5.74, 6) is -0.629. The van der Waals surface area contributed by atoms with Gasteiger partial charge in [-0.05, 0) is 32.1 Å². The smallest absolute Gasteiger partial charge is 0.324 e. The normalized spacial score (nSPS) is 43.7. The highest BCUT2D eigenvalue weighted by Gasteiger charge is 2.67. The van der Waals surface area contributed by atoms with Crippen LogP contribution in [0.4, 0.5) is 0 Å². The molecule has 0 aromatic rings. The van der Waals surface area contributed by atoms with Crippen LogP contribution in [-0.2, 0) is 4.79 Å². The molecule has 3 nitrogen and oxygen atoms in total. The predicted molar refractivity (Wildman–Crippen MR) is 49.5 cm³/mol. The topological polar surface area (TPSA) is 40.5 Å². The van der Waals surface area contributed by atoms with E-state index < -0.39 is 11.5 Å². The van der Waals surface area contributed by atoms with E-state index in [2.05, 4.69) is 25.7 Å². The molecule has 0 radical (unpaired) electrons. The molecule has 0 aromatic heterocycles. The van der Waals surface area contributed by atoms with Crippen molar-refractivity contribution in [1.29, 1.82) is 0 Å². The molecular weight excluding hydrogens is 166 g/mol. The van der Waals surface area contributed by atoms with Gasteiger partial charge in [-0.15, -0.1) is 0 Å². The number of carbonyl (C=O) groups is 1. The number of carboxylic acid groups (broad SMARTS) is 1. The summed E-state index contributed by atoms with van der Waals surface area (Å²) < 4.78 is 0. The molecule has 0 aromatic carbocycles. The van der Waals surface area contributed by atoms with Crippen LogP contribution in [0.1, 0.15) is 33.6 Å². The molecule has 3 heteroatoms. The second-order valence-corrected chi connectivity index (χ2v) is 5.22. The van der Waals surface area contributed by atoms with Gasteiger partial charge in [0.25, 0.3) is 0 Å². The number of aliphatic carboxylic acids is 1. The Bertz CT molecular complexity index is 254. The number of carboxylic acids is 1. The Hall–Kier alpha value is -0.570. The Morgan fingerprint density at radius 3 is 2.31 bits per heavy atom. The van der Waals surface area contributed by atoms with Crippen molar-refractivity contribution >= 4 is 5.97 Å². The van der Waals surface area contributed by atoms with Crippen LogP contribution in [0.2, 0.25) is 0 Å². The SMILES string of the molecule is CC(C)N1CC2(C)CC1(C(=O)O)C2. The van der Waals surface area contributed by atoms with E-state index in [1.54, 1.807) is 0 Å². The van der Waals surface area contributed by atoms with Crippen molar-refractivity contribution in [2.24, 2.45) is 5.41 Å². The van der Waals surface area contributed by atoms with Crippen LogP contribution < -0.4 is 0 Å². The largest absolute Gasteiger partial charge is 0.480 e. The Morgan fingerprint density at radius 1 is 1.46 bits per heavy atom. The van der Waals surface area contributed by atoms with Crippen molar-refractivity contribution in [3.63, 3.8) is 0 Å². The quantitative estimate of drug-likeness (QED) is 0.702. The molecule has 0 unspecified atom stereocenters. The Balaban J connectivity index is 2.27. The van der Waals surface area contributed by atoms with E-state index in [1.165, 1.54) is 0 Å². The van der Waals surface area contributed by atoms with Gasteiger partial charge in [-0.25, -0.2) is 0 Å². The van der Waals surface area contributed by atoms with Crippen molar-refractivity contribution in [3.05, 3.63) is 0 Å². The van der Waals surface area contributed by atoms with Gasteiger partial charge >= 0.3 is 5.97 Å². The molecule has 1 saturated carbocycles. The van der Waals surface area contributed by atoms with Crippen LogP contribution in [0.15, 0.2) is 0 Å². The maximum atomic E-state index is 11.2. The zero-order valence-corrected chi connectivity index (χ0v) is 8.50. The first-order chi connectivity index (χ1) is 5.90. The van der Waals surface area contributed by atoms with Crippen molar-refractivity contribution in [2.75, 3.05) is 6.54 Å². The fraction of sp³-hybridized carbons (Fsp3) is 0.900. The second kappa shape index (κ2) is 2.27. The lowest BCUT2D eigenvalue weighted by molar-refractivity contribution is -0.155. The van der Waals surface area contributed by atoms with E-state index in [-0.39, 0.29) is 5.41 Å². The summed E-state index contributed by atoms with van der Waals surface area (Å²) >= 11 is 0. The fourth-order valence-electron chi connectivity index (χ4n) is 3.19. The van der Waals surface area contributed by atoms with Gasteiger partial charge in [0.15, 0.2) is 0 Å².